The normalized spacial score (nSPS) is 10.6. The van der Waals surface area contributed by atoms with Gasteiger partial charge in [-0.2, -0.15) is 5.10 Å². The van der Waals surface area contributed by atoms with Crippen molar-refractivity contribution >= 4 is 5.91 Å². The first kappa shape index (κ1) is 18.6. The maximum Gasteiger partial charge on any atom is 0.220 e. The molecule has 5 nitrogen and oxygen atoms in total. The average molecular weight is 367 g/mol. The molecule has 3 aromatic rings. The highest BCUT2D eigenvalue weighted by molar-refractivity contribution is 5.76. The van der Waals surface area contributed by atoms with Gasteiger partial charge in [0, 0.05) is 25.4 Å². The number of halogens is 1. The molecular formula is C21H22FN3O2. The molecule has 0 radical (unpaired) electrons. The van der Waals surface area contributed by atoms with E-state index in [1.54, 1.807) is 18.3 Å². The number of benzene rings is 2. The Hall–Kier alpha value is -3.15. The first-order valence-electron chi connectivity index (χ1n) is 8.79. The van der Waals surface area contributed by atoms with Gasteiger partial charge < -0.3 is 10.1 Å². The lowest BCUT2D eigenvalue weighted by Gasteiger charge is -2.11. The fraction of sp³-hybridized carbons (Fsp3) is 0.238. The molecule has 0 unspecified atom stereocenters. The number of nitrogens with one attached hydrogen (secondary N) is 1. The van der Waals surface area contributed by atoms with E-state index in [1.807, 2.05) is 41.2 Å². The molecule has 1 amide bonds. The Morgan fingerprint density at radius 3 is 2.70 bits per heavy atom. The third-order valence-electron chi connectivity index (χ3n) is 4.34. The van der Waals surface area contributed by atoms with E-state index < -0.39 is 5.82 Å². The summed E-state index contributed by atoms with van der Waals surface area (Å²) in [5, 5.41) is 7.16. The van der Waals surface area contributed by atoms with Crippen LogP contribution < -0.4 is 10.1 Å². The van der Waals surface area contributed by atoms with Crippen LogP contribution in [-0.2, 0) is 24.3 Å². The van der Waals surface area contributed by atoms with Gasteiger partial charge in [-0.05, 0) is 41.3 Å². The number of methoxy groups -OCH3 is 1. The van der Waals surface area contributed by atoms with Gasteiger partial charge in [0.25, 0.3) is 0 Å². The minimum absolute atomic E-state index is 0.0693. The Kier molecular flexibility index (Phi) is 6.20. The van der Waals surface area contributed by atoms with Gasteiger partial charge in [-0.15, -0.1) is 0 Å². The maximum atomic E-state index is 13.7. The molecule has 0 spiro atoms. The van der Waals surface area contributed by atoms with Gasteiger partial charge in [0.2, 0.25) is 5.91 Å². The van der Waals surface area contributed by atoms with Crippen LogP contribution in [0.3, 0.4) is 0 Å². The van der Waals surface area contributed by atoms with Crippen LogP contribution in [0.15, 0.2) is 60.9 Å². The molecule has 3 rings (SSSR count). The van der Waals surface area contributed by atoms with E-state index >= 15 is 0 Å². The van der Waals surface area contributed by atoms with E-state index in [0.29, 0.717) is 25.9 Å². The van der Waals surface area contributed by atoms with Crippen LogP contribution in [0.1, 0.15) is 23.1 Å². The molecule has 0 aliphatic rings. The van der Waals surface area contributed by atoms with Gasteiger partial charge in [0.15, 0.2) is 11.6 Å². The second-order valence-corrected chi connectivity index (χ2v) is 6.22. The number of nitrogens with zero attached hydrogens (tertiary/aromatic N) is 2. The third-order valence-corrected chi connectivity index (χ3v) is 4.34. The Morgan fingerprint density at radius 1 is 1.19 bits per heavy atom. The SMILES string of the molecule is COc1ccc(CCC(=O)NCc2ccccc2Cn2cccn2)cc1F. The summed E-state index contributed by atoms with van der Waals surface area (Å²) in [6.07, 6.45) is 4.42. The van der Waals surface area contributed by atoms with Gasteiger partial charge in [-0.25, -0.2) is 4.39 Å². The second-order valence-electron chi connectivity index (χ2n) is 6.22. The molecule has 0 saturated heterocycles. The molecule has 0 bridgehead atoms. The number of rotatable bonds is 8. The van der Waals surface area contributed by atoms with E-state index in [1.165, 1.54) is 13.2 Å². The second kappa shape index (κ2) is 8.98. The van der Waals surface area contributed by atoms with Crippen LogP contribution in [0.5, 0.6) is 5.75 Å². The van der Waals surface area contributed by atoms with Crippen molar-refractivity contribution in [2.75, 3.05) is 7.11 Å². The highest BCUT2D eigenvalue weighted by Gasteiger charge is 2.08. The number of carbonyl (C=O) groups is 1. The zero-order valence-electron chi connectivity index (χ0n) is 15.2. The number of amides is 1. The van der Waals surface area contributed by atoms with Crippen molar-refractivity contribution in [3.05, 3.63) is 83.4 Å². The zero-order chi connectivity index (χ0) is 19.1. The Balaban J connectivity index is 1.53. The van der Waals surface area contributed by atoms with Crippen molar-refractivity contribution < 1.29 is 13.9 Å². The first-order chi connectivity index (χ1) is 13.2. The van der Waals surface area contributed by atoms with Gasteiger partial charge in [-0.3, -0.25) is 9.48 Å². The fourth-order valence-corrected chi connectivity index (χ4v) is 2.86. The summed E-state index contributed by atoms with van der Waals surface area (Å²) in [6.45, 7) is 1.11. The maximum absolute atomic E-state index is 13.7. The Bertz CT molecular complexity index is 894. The molecule has 27 heavy (non-hydrogen) atoms. The van der Waals surface area contributed by atoms with E-state index in [4.69, 9.17) is 4.74 Å². The number of aryl methyl sites for hydroxylation is 1. The van der Waals surface area contributed by atoms with Crippen LogP contribution in [0.25, 0.3) is 0 Å². The number of carbonyl (C=O) groups excluding carboxylic acids is 1. The van der Waals surface area contributed by atoms with Crippen molar-refractivity contribution in [2.24, 2.45) is 0 Å². The summed E-state index contributed by atoms with van der Waals surface area (Å²) in [4.78, 5) is 12.2. The number of aromatic nitrogens is 2. The Labute approximate surface area is 157 Å². The summed E-state index contributed by atoms with van der Waals surface area (Å²) >= 11 is 0. The van der Waals surface area contributed by atoms with E-state index in [0.717, 1.165) is 16.7 Å². The largest absolute Gasteiger partial charge is 0.494 e. The van der Waals surface area contributed by atoms with E-state index in [9.17, 15) is 9.18 Å². The standard InChI is InChI=1S/C21H22FN3O2/c1-27-20-9-7-16(13-19(20)22)8-10-21(26)23-14-17-5-2-3-6-18(17)15-25-12-4-11-24-25/h2-7,9,11-13H,8,10,14-15H2,1H3,(H,23,26). The van der Waals surface area contributed by atoms with E-state index in [2.05, 4.69) is 10.4 Å². The smallest absolute Gasteiger partial charge is 0.220 e. The first-order valence-corrected chi connectivity index (χ1v) is 8.79. The summed E-state index contributed by atoms with van der Waals surface area (Å²) in [6, 6.07) is 14.6. The summed E-state index contributed by atoms with van der Waals surface area (Å²) < 4.78 is 20.5. The van der Waals surface area contributed by atoms with E-state index in [-0.39, 0.29) is 11.7 Å². The number of hydrogen-bond donors (Lipinski definition) is 1. The van der Waals surface area contributed by atoms with Gasteiger partial charge >= 0.3 is 0 Å². The van der Waals surface area contributed by atoms with Crippen LogP contribution >= 0.6 is 0 Å². The van der Waals surface area contributed by atoms with Crippen LogP contribution in [0.4, 0.5) is 4.39 Å². The average Bonchev–Trinajstić information content (AvgIpc) is 3.19. The molecule has 0 saturated carbocycles. The molecule has 140 valence electrons. The van der Waals surface area contributed by atoms with Crippen LogP contribution in [-0.4, -0.2) is 22.8 Å². The lowest BCUT2D eigenvalue weighted by atomic mass is 10.1. The minimum atomic E-state index is -0.414. The fourth-order valence-electron chi connectivity index (χ4n) is 2.86. The van der Waals surface area contributed by atoms with Crippen LogP contribution in [0, 0.1) is 5.82 Å². The summed E-state index contributed by atoms with van der Waals surface area (Å²) in [5.74, 6) is -0.278. The topological polar surface area (TPSA) is 56.1 Å². The van der Waals surface area contributed by atoms with Crippen molar-refractivity contribution in [1.29, 1.82) is 0 Å². The highest BCUT2D eigenvalue weighted by atomic mass is 19.1. The lowest BCUT2D eigenvalue weighted by Crippen LogP contribution is -2.24. The molecule has 1 N–H and O–H groups in total. The molecule has 6 heteroatoms. The summed E-state index contributed by atoms with van der Waals surface area (Å²) in [7, 11) is 1.43. The quantitative estimate of drug-likeness (QED) is 0.664. The molecule has 0 fully saturated rings. The van der Waals surface area contributed by atoms with Crippen molar-refractivity contribution in [3.8, 4) is 5.75 Å². The lowest BCUT2D eigenvalue weighted by molar-refractivity contribution is -0.121. The third kappa shape index (κ3) is 5.17. The molecular weight excluding hydrogens is 345 g/mol. The predicted molar refractivity (Wildman–Crippen MR) is 101 cm³/mol. The zero-order valence-corrected chi connectivity index (χ0v) is 15.2. The molecule has 0 atom stereocenters. The molecule has 1 heterocycles. The summed E-state index contributed by atoms with van der Waals surface area (Å²) in [5.41, 5.74) is 2.93. The van der Waals surface area contributed by atoms with Crippen molar-refractivity contribution in [1.82, 2.24) is 15.1 Å². The number of hydrogen-bond acceptors (Lipinski definition) is 3. The van der Waals surface area contributed by atoms with Gasteiger partial charge in [0.1, 0.15) is 0 Å². The molecule has 0 aliphatic heterocycles. The van der Waals surface area contributed by atoms with Gasteiger partial charge in [0.05, 0.1) is 13.7 Å². The van der Waals surface area contributed by atoms with Gasteiger partial charge in [-0.1, -0.05) is 30.3 Å². The number of ether oxygens (including phenoxy) is 1. The van der Waals surface area contributed by atoms with Crippen molar-refractivity contribution in [3.63, 3.8) is 0 Å². The van der Waals surface area contributed by atoms with Crippen molar-refractivity contribution in [2.45, 2.75) is 25.9 Å². The predicted octanol–water partition coefficient (Wildman–Crippen LogP) is 3.33. The highest BCUT2D eigenvalue weighted by Crippen LogP contribution is 2.18. The monoisotopic (exact) mass is 367 g/mol. The molecule has 1 aromatic heterocycles. The Morgan fingerprint density at radius 2 is 2.00 bits per heavy atom. The minimum Gasteiger partial charge on any atom is -0.494 e. The van der Waals surface area contributed by atoms with Crippen LogP contribution in [0.2, 0.25) is 0 Å². The molecule has 0 aliphatic carbocycles. The molecule has 2 aromatic carbocycles.